The normalized spacial score (nSPS) is 15.1. The Kier molecular flexibility index (Phi) is 6.19. The Morgan fingerprint density at radius 3 is 2.70 bits per heavy atom. The number of halogens is 1. The largest absolute Gasteiger partial charge is 0.508 e. The number of hydrogen-bond donors (Lipinski definition) is 3. The first-order valence-corrected chi connectivity index (χ1v) is 11.5. The second-order valence-electron chi connectivity index (χ2n) is 9.64. The SMILES string of the molecule is CCN(c1ncc(F)cc1NC(C)(C)C)C1CCN(C(=O)c2c[nH]c3ccc(O)cc23)CC1. The molecule has 2 aromatic heterocycles. The van der Waals surface area contributed by atoms with Crippen LogP contribution in [0, 0.1) is 5.82 Å². The van der Waals surface area contributed by atoms with E-state index in [9.17, 15) is 14.3 Å². The molecule has 1 aliphatic heterocycles. The van der Waals surface area contributed by atoms with Crippen molar-refractivity contribution < 1.29 is 14.3 Å². The third kappa shape index (κ3) is 4.89. The number of likely N-dealkylation sites (tertiary alicyclic amines) is 1. The zero-order chi connectivity index (χ0) is 23.8. The highest BCUT2D eigenvalue weighted by Crippen LogP contribution is 2.32. The van der Waals surface area contributed by atoms with E-state index in [-0.39, 0.29) is 29.1 Å². The van der Waals surface area contributed by atoms with Crippen molar-refractivity contribution in [2.24, 2.45) is 0 Å². The molecule has 1 amide bonds. The zero-order valence-electron chi connectivity index (χ0n) is 19.7. The molecule has 4 rings (SSSR count). The van der Waals surface area contributed by atoms with Gasteiger partial charge in [0.2, 0.25) is 0 Å². The Morgan fingerprint density at radius 1 is 1.30 bits per heavy atom. The number of fused-ring (bicyclic) bond motifs is 1. The van der Waals surface area contributed by atoms with Crippen molar-refractivity contribution in [2.45, 2.75) is 52.1 Å². The van der Waals surface area contributed by atoms with Crippen LogP contribution in [-0.4, -0.2) is 57.1 Å². The summed E-state index contributed by atoms with van der Waals surface area (Å²) in [6.07, 6.45) is 4.56. The molecule has 0 spiro atoms. The average Bonchev–Trinajstić information content (AvgIpc) is 3.17. The molecule has 3 aromatic rings. The predicted molar refractivity (Wildman–Crippen MR) is 129 cm³/mol. The summed E-state index contributed by atoms with van der Waals surface area (Å²) < 4.78 is 14.0. The molecular formula is C25H32FN5O2. The van der Waals surface area contributed by atoms with E-state index in [0.29, 0.717) is 24.3 Å². The van der Waals surface area contributed by atoms with E-state index in [0.717, 1.165) is 36.1 Å². The van der Waals surface area contributed by atoms with Gasteiger partial charge in [-0.15, -0.1) is 0 Å². The molecule has 0 atom stereocenters. The van der Waals surface area contributed by atoms with Crippen molar-refractivity contribution in [2.75, 3.05) is 29.9 Å². The van der Waals surface area contributed by atoms with E-state index in [1.54, 1.807) is 24.4 Å². The maximum absolute atomic E-state index is 14.0. The molecule has 33 heavy (non-hydrogen) atoms. The number of phenolic OH excluding ortho intramolecular Hbond substituents is 1. The molecule has 0 saturated carbocycles. The molecular weight excluding hydrogens is 421 g/mol. The lowest BCUT2D eigenvalue weighted by molar-refractivity contribution is 0.0714. The third-order valence-corrected chi connectivity index (χ3v) is 6.04. The minimum absolute atomic E-state index is 0.0386. The third-order valence-electron chi connectivity index (χ3n) is 6.04. The van der Waals surface area contributed by atoms with E-state index < -0.39 is 0 Å². The van der Waals surface area contributed by atoms with Crippen LogP contribution >= 0.6 is 0 Å². The van der Waals surface area contributed by atoms with Gasteiger partial charge in [-0.2, -0.15) is 0 Å². The molecule has 1 saturated heterocycles. The molecule has 1 aromatic carbocycles. The van der Waals surface area contributed by atoms with Crippen LogP contribution in [0.15, 0.2) is 36.7 Å². The molecule has 7 nitrogen and oxygen atoms in total. The van der Waals surface area contributed by atoms with Gasteiger partial charge in [0.05, 0.1) is 17.4 Å². The van der Waals surface area contributed by atoms with Gasteiger partial charge in [-0.05, 0) is 58.7 Å². The fourth-order valence-electron chi connectivity index (χ4n) is 4.57. The first-order valence-electron chi connectivity index (χ1n) is 11.5. The number of aromatic nitrogens is 2. The lowest BCUT2D eigenvalue weighted by atomic mass is 10.0. The topological polar surface area (TPSA) is 84.5 Å². The number of rotatable bonds is 5. The van der Waals surface area contributed by atoms with Gasteiger partial charge in [-0.3, -0.25) is 4.79 Å². The molecule has 3 heterocycles. The Morgan fingerprint density at radius 2 is 2.03 bits per heavy atom. The van der Waals surface area contributed by atoms with Crippen molar-refractivity contribution in [3.05, 3.63) is 48.0 Å². The quantitative estimate of drug-likeness (QED) is 0.519. The molecule has 0 unspecified atom stereocenters. The lowest BCUT2D eigenvalue weighted by Gasteiger charge is -2.40. The fraction of sp³-hybridized carbons (Fsp3) is 0.440. The van der Waals surface area contributed by atoms with Crippen LogP contribution in [0.5, 0.6) is 5.75 Å². The summed E-state index contributed by atoms with van der Waals surface area (Å²) in [4.78, 5) is 24.8. The zero-order valence-corrected chi connectivity index (χ0v) is 19.7. The Bertz CT molecular complexity index is 1150. The first kappa shape index (κ1) is 22.9. The van der Waals surface area contributed by atoms with Crippen LogP contribution in [0.1, 0.15) is 50.9 Å². The van der Waals surface area contributed by atoms with Gasteiger partial charge in [0.1, 0.15) is 11.6 Å². The number of amides is 1. The molecule has 1 fully saturated rings. The van der Waals surface area contributed by atoms with Crippen LogP contribution in [-0.2, 0) is 0 Å². The number of anilines is 2. The number of carbonyl (C=O) groups excluding carboxylic acids is 1. The molecule has 1 aliphatic rings. The monoisotopic (exact) mass is 453 g/mol. The summed E-state index contributed by atoms with van der Waals surface area (Å²) in [5, 5.41) is 13.9. The molecule has 176 valence electrons. The molecule has 0 aliphatic carbocycles. The number of hydrogen-bond acceptors (Lipinski definition) is 5. The highest BCUT2D eigenvalue weighted by atomic mass is 19.1. The second kappa shape index (κ2) is 8.92. The summed E-state index contributed by atoms with van der Waals surface area (Å²) in [6, 6.07) is 6.69. The van der Waals surface area contributed by atoms with Crippen LogP contribution in [0.4, 0.5) is 15.9 Å². The maximum atomic E-state index is 14.0. The van der Waals surface area contributed by atoms with E-state index in [2.05, 4.69) is 27.1 Å². The predicted octanol–water partition coefficient (Wildman–Crippen LogP) is 4.75. The highest BCUT2D eigenvalue weighted by molar-refractivity contribution is 6.07. The lowest BCUT2D eigenvalue weighted by Crippen LogP contribution is -2.47. The van der Waals surface area contributed by atoms with Crippen molar-refractivity contribution in [3.8, 4) is 5.75 Å². The van der Waals surface area contributed by atoms with E-state index in [4.69, 9.17) is 0 Å². The van der Waals surface area contributed by atoms with Crippen molar-refractivity contribution in [3.63, 3.8) is 0 Å². The number of aromatic hydroxyl groups is 1. The van der Waals surface area contributed by atoms with Crippen LogP contribution in [0.3, 0.4) is 0 Å². The molecule has 8 heteroatoms. The average molecular weight is 454 g/mol. The van der Waals surface area contributed by atoms with Crippen molar-refractivity contribution in [1.29, 1.82) is 0 Å². The summed E-state index contributed by atoms with van der Waals surface area (Å²) in [5.74, 6) is 0.473. The number of carbonyl (C=O) groups is 1. The van der Waals surface area contributed by atoms with Gasteiger partial charge in [-0.1, -0.05) is 0 Å². The number of piperidine rings is 1. The van der Waals surface area contributed by atoms with Gasteiger partial charge in [0.25, 0.3) is 5.91 Å². The molecule has 3 N–H and O–H groups in total. The number of pyridine rings is 1. The van der Waals surface area contributed by atoms with Gasteiger partial charge >= 0.3 is 0 Å². The summed E-state index contributed by atoms with van der Waals surface area (Å²) in [7, 11) is 0. The van der Waals surface area contributed by atoms with Crippen LogP contribution in [0.25, 0.3) is 10.9 Å². The second-order valence-corrected chi connectivity index (χ2v) is 9.64. The Labute approximate surface area is 193 Å². The maximum Gasteiger partial charge on any atom is 0.256 e. The van der Waals surface area contributed by atoms with Gasteiger partial charge in [0.15, 0.2) is 5.82 Å². The number of aromatic amines is 1. The highest BCUT2D eigenvalue weighted by Gasteiger charge is 2.30. The first-order chi connectivity index (χ1) is 15.7. The van der Waals surface area contributed by atoms with E-state index >= 15 is 0 Å². The van der Waals surface area contributed by atoms with E-state index in [1.165, 1.54) is 12.3 Å². The van der Waals surface area contributed by atoms with Crippen molar-refractivity contribution in [1.82, 2.24) is 14.9 Å². The van der Waals surface area contributed by atoms with E-state index in [1.807, 2.05) is 25.7 Å². The number of H-pyrrole nitrogens is 1. The molecule has 0 bridgehead atoms. The smallest absolute Gasteiger partial charge is 0.256 e. The summed E-state index contributed by atoms with van der Waals surface area (Å²) >= 11 is 0. The fourth-order valence-corrected chi connectivity index (χ4v) is 4.57. The van der Waals surface area contributed by atoms with Crippen molar-refractivity contribution >= 4 is 28.3 Å². The summed E-state index contributed by atoms with van der Waals surface area (Å²) in [6.45, 7) is 10.1. The van der Waals surface area contributed by atoms with Crippen LogP contribution in [0.2, 0.25) is 0 Å². The Balaban J connectivity index is 1.50. The Hall–Kier alpha value is -3.29. The number of phenols is 1. The minimum atomic E-state index is -0.369. The minimum Gasteiger partial charge on any atom is -0.508 e. The van der Waals surface area contributed by atoms with Gasteiger partial charge in [0, 0.05) is 54.4 Å². The molecule has 0 radical (unpaired) electrons. The number of benzene rings is 1. The standard InChI is InChI=1S/C25H32FN5O2/c1-5-31(23-22(29-25(2,3)4)12-16(26)14-28-23)17-8-10-30(11-9-17)24(33)20-15-27-21-7-6-18(32)13-19(20)21/h6-7,12-15,17,27,29,32H,5,8-11H2,1-4H3. The summed E-state index contributed by atoms with van der Waals surface area (Å²) in [5.41, 5.74) is 1.85. The number of nitrogens with one attached hydrogen (secondary N) is 2. The van der Waals surface area contributed by atoms with Crippen LogP contribution < -0.4 is 10.2 Å². The van der Waals surface area contributed by atoms with Gasteiger partial charge < -0.3 is 25.2 Å². The van der Waals surface area contributed by atoms with Gasteiger partial charge in [-0.25, -0.2) is 9.37 Å². The number of nitrogens with zero attached hydrogens (tertiary/aromatic N) is 3.